The van der Waals surface area contributed by atoms with Gasteiger partial charge in [0.15, 0.2) is 0 Å². The van der Waals surface area contributed by atoms with Crippen molar-refractivity contribution in [2.75, 3.05) is 12.4 Å². The minimum Gasteiger partial charge on any atom is -0.497 e. The molecule has 3 rings (SSSR count). The molecule has 2 aromatic carbocycles. The standard InChI is InChI=1S/C19H18ClN3O4S/c1-11-4-5-13(20)10-16(11)21-17(24)12(2)28-18-19(25)27-22-23(18)14-6-8-15(26-3)9-7-14/h4-10,12H,1-3H3,(H-,21,22,24,25)/p+1. The van der Waals surface area contributed by atoms with Crippen molar-refractivity contribution < 1.29 is 18.7 Å². The molecule has 0 aliphatic carbocycles. The molecule has 0 saturated heterocycles. The van der Waals surface area contributed by atoms with Gasteiger partial charge in [0.05, 0.1) is 12.4 Å². The van der Waals surface area contributed by atoms with Crippen LogP contribution in [-0.4, -0.2) is 23.5 Å². The molecule has 3 aromatic rings. The van der Waals surface area contributed by atoms with Gasteiger partial charge in [-0.05, 0) is 65.4 Å². The highest BCUT2D eigenvalue weighted by Crippen LogP contribution is 2.23. The predicted molar refractivity (Wildman–Crippen MR) is 108 cm³/mol. The summed E-state index contributed by atoms with van der Waals surface area (Å²) in [5, 5.41) is 5.64. The molecule has 0 bridgehead atoms. The van der Waals surface area contributed by atoms with Crippen LogP contribution >= 0.6 is 23.4 Å². The number of amides is 1. The fourth-order valence-electron chi connectivity index (χ4n) is 2.45. The zero-order valence-electron chi connectivity index (χ0n) is 15.5. The Balaban J connectivity index is 1.79. The Hall–Kier alpha value is -2.71. The third-order valence-electron chi connectivity index (χ3n) is 4.05. The Kier molecular flexibility index (Phi) is 6.11. The lowest BCUT2D eigenvalue weighted by Crippen LogP contribution is -2.37. The van der Waals surface area contributed by atoms with Crippen molar-refractivity contribution >= 4 is 35.0 Å². The Labute approximate surface area is 170 Å². The molecule has 1 unspecified atom stereocenters. The Bertz CT molecular complexity index is 1050. The summed E-state index contributed by atoms with van der Waals surface area (Å²) >= 11 is 7.09. The Morgan fingerprint density at radius 3 is 2.68 bits per heavy atom. The molecule has 1 atom stereocenters. The van der Waals surface area contributed by atoms with Crippen LogP contribution in [0.25, 0.3) is 5.69 Å². The number of hydrogen-bond donors (Lipinski definition) is 2. The smallest absolute Gasteiger partial charge is 0.442 e. The number of aromatic nitrogens is 2. The van der Waals surface area contributed by atoms with Gasteiger partial charge in [-0.1, -0.05) is 17.7 Å². The molecular formula is C19H19ClN3O4S+. The van der Waals surface area contributed by atoms with Crippen LogP contribution in [-0.2, 0) is 4.79 Å². The van der Waals surface area contributed by atoms with E-state index in [-0.39, 0.29) is 10.9 Å². The van der Waals surface area contributed by atoms with Gasteiger partial charge in [0.1, 0.15) is 5.75 Å². The number of rotatable bonds is 6. The van der Waals surface area contributed by atoms with Crippen LogP contribution in [0, 0.1) is 6.92 Å². The fourth-order valence-corrected chi connectivity index (χ4v) is 3.51. The number of aryl methyl sites for hydroxylation is 1. The maximum atomic E-state index is 12.6. The second-order valence-electron chi connectivity index (χ2n) is 6.03. The first kappa shape index (κ1) is 20.0. The number of hydrogen-bond acceptors (Lipinski definition) is 5. The number of methoxy groups -OCH3 is 1. The van der Waals surface area contributed by atoms with Crippen molar-refractivity contribution in [3.8, 4) is 11.4 Å². The van der Waals surface area contributed by atoms with Gasteiger partial charge in [0, 0.05) is 22.8 Å². The van der Waals surface area contributed by atoms with E-state index in [9.17, 15) is 9.59 Å². The van der Waals surface area contributed by atoms with E-state index in [2.05, 4.69) is 10.6 Å². The lowest BCUT2D eigenvalue weighted by Gasteiger charge is -2.12. The van der Waals surface area contributed by atoms with Crippen LogP contribution in [0.1, 0.15) is 12.5 Å². The normalized spacial score (nSPS) is 11.9. The first-order valence-electron chi connectivity index (χ1n) is 8.40. The van der Waals surface area contributed by atoms with E-state index in [0.717, 1.165) is 17.3 Å². The van der Waals surface area contributed by atoms with E-state index in [1.807, 2.05) is 13.0 Å². The van der Waals surface area contributed by atoms with Crippen LogP contribution in [0.4, 0.5) is 5.69 Å². The minimum atomic E-state index is -0.556. The second kappa shape index (κ2) is 8.53. The average molecular weight is 421 g/mol. The lowest BCUT2D eigenvalue weighted by atomic mass is 10.2. The molecule has 146 valence electrons. The summed E-state index contributed by atoms with van der Waals surface area (Å²) in [6.45, 7) is 3.59. The number of benzene rings is 2. The molecule has 0 aliphatic heterocycles. The monoisotopic (exact) mass is 420 g/mol. The fraction of sp³-hybridized carbons (Fsp3) is 0.211. The minimum absolute atomic E-state index is 0.253. The van der Waals surface area contributed by atoms with Gasteiger partial charge >= 0.3 is 10.7 Å². The van der Waals surface area contributed by atoms with E-state index < -0.39 is 10.9 Å². The summed E-state index contributed by atoms with van der Waals surface area (Å²) in [4.78, 5) is 24.7. The molecule has 1 aromatic heterocycles. The SMILES string of the molecule is COc1ccc(-[n+]2[nH]oc(=O)c2SC(C)C(=O)Nc2cc(Cl)ccc2C)cc1. The largest absolute Gasteiger partial charge is 0.497 e. The van der Waals surface area contributed by atoms with Gasteiger partial charge in [0.25, 0.3) is 0 Å². The van der Waals surface area contributed by atoms with Crippen molar-refractivity contribution in [2.24, 2.45) is 0 Å². The first-order valence-corrected chi connectivity index (χ1v) is 9.66. The molecule has 0 aliphatic rings. The van der Waals surface area contributed by atoms with Crippen molar-refractivity contribution in [1.29, 1.82) is 0 Å². The number of H-pyrrole nitrogens is 1. The Morgan fingerprint density at radius 2 is 2.00 bits per heavy atom. The van der Waals surface area contributed by atoms with E-state index in [1.165, 1.54) is 4.68 Å². The van der Waals surface area contributed by atoms with Gasteiger partial charge in [-0.15, -0.1) is 0 Å². The molecule has 9 heteroatoms. The summed E-state index contributed by atoms with van der Waals surface area (Å²) in [6, 6.07) is 12.3. The van der Waals surface area contributed by atoms with Crippen molar-refractivity contribution in [1.82, 2.24) is 5.27 Å². The van der Waals surface area contributed by atoms with Gasteiger partial charge < -0.3 is 10.1 Å². The second-order valence-corrected chi connectivity index (χ2v) is 7.79. The van der Waals surface area contributed by atoms with Gasteiger partial charge in [-0.3, -0.25) is 9.32 Å². The van der Waals surface area contributed by atoms with E-state index in [1.54, 1.807) is 50.4 Å². The lowest BCUT2D eigenvalue weighted by molar-refractivity contribution is -0.704. The summed E-state index contributed by atoms with van der Waals surface area (Å²) in [5.74, 6) is 0.436. The first-order chi connectivity index (χ1) is 13.4. The zero-order chi connectivity index (χ0) is 20.3. The molecule has 7 nitrogen and oxygen atoms in total. The number of carbonyl (C=O) groups is 1. The quantitative estimate of drug-likeness (QED) is 0.471. The number of nitrogens with zero attached hydrogens (tertiary/aromatic N) is 1. The summed E-state index contributed by atoms with van der Waals surface area (Å²) in [6.07, 6.45) is 0. The summed E-state index contributed by atoms with van der Waals surface area (Å²) in [7, 11) is 1.57. The molecule has 1 heterocycles. The Morgan fingerprint density at radius 1 is 1.29 bits per heavy atom. The third-order valence-corrected chi connectivity index (χ3v) is 5.43. The number of anilines is 1. The molecule has 1 amide bonds. The van der Waals surface area contributed by atoms with E-state index in [4.69, 9.17) is 20.9 Å². The van der Waals surface area contributed by atoms with Crippen LogP contribution < -0.4 is 20.4 Å². The molecule has 0 radical (unpaired) electrons. The van der Waals surface area contributed by atoms with Crippen molar-refractivity contribution in [3.05, 3.63) is 63.5 Å². The third kappa shape index (κ3) is 4.40. The maximum Gasteiger partial charge on any atom is 0.442 e. The van der Waals surface area contributed by atoms with Crippen molar-refractivity contribution in [2.45, 2.75) is 24.1 Å². The van der Waals surface area contributed by atoms with Gasteiger partial charge in [-0.25, -0.2) is 4.79 Å². The predicted octanol–water partition coefficient (Wildman–Crippen LogP) is 3.33. The van der Waals surface area contributed by atoms with Crippen LogP contribution in [0.15, 0.2) is 56.8 Å². The molecule has 28 heavy (non-hydrogen) atoms. The molecule has 0 spiro atoms. The number of carbonyl (C=O) groups excluding carboxylic acids is 1. The number of aromatic amines is 1. The van der Waals surface area contributed by atoms with E-state index in [0.29, 0.717) is 22.1 Å². The van der Waals surface area contributed by atoms with Crippen LogP contribution in [0.3, 0.4) is 0 Å². The van der Waals surface area contributed by atoms with E-state index >= 15 is 0 Å². The maximum absolute atomic E-state index is 12.6. The molecular weight excluding hydrogens is 402 g/mol. The van der Waals surface area contributed by atoms with Crippen LogP contribution in [0.2, 0.25) is 5.02 Å². The highest BCUT2D eigenvalue weighted by atomic mass is 35.5. The summed E-state index contributed by atoms with van der Waals surface area (Å²) in [5.41, 5.74) is 1.64. The zero-order valence-corrected chi connectivity index (χ0v) is 17.1. The topological polar surface area (TPSA) is 88.2 Å². The van der Waals surface area contributed by atoms with Gasteiger partial charge in [0.2, 0.25) is 11.6 Å². The number of halogens is 1. The van der Waals surface area contributed by atoms with Gasteiger partial charge in [-0.2, -0.15) is 0 Å². The molecule has 2 N–H and O–H groups in total. The highest BCUT2D eigenvalue weighted by molar-refractivity contribution is 8.00. The number of thioether (sulfide) groups is 1. The molecule has 0 fully saturated rings. The van der Waals surface area contributed by atoms with Crippen molar-refractivity contribution in [3.63, 3.8) is 0 Å². The molecule has 0 saturated carbocycles. The number of ether oxygens (including phenoxy) is 1. The number of nitrogens with one attached hydrogen (secondary N) is 2. The van der Waals surface area contributed by atoms with Crippen LogP contribution in [0.5, 0.6) is 5.75 Å². The summed E-state index contributed by atoms with van der Waals surface area (Å²) < 4.78 is 11.5. The highest BCUT2D eigenvalue weighted by Gasteiger charge is 2.29. The average Bonchev–Trinajstić information content (AvgIpc) is 3.05.